The van der Waals surface area contributed by atoms with Crippen LogP contribution in [0.3, 0.4) is 0 Å². The summed E-state index contributed by atoms with van der Waals surface area (Å²) < 4.78 is 0. The number of hydrogen-bond acceptors (Lipinski definition) is 3. The monoisotopic (exact) mass is 113 g/mol. The Labute approximate surface area is 63.6 Å². The summed E-state index contributed by atoms with van der Waals surface area (Å²) in [6, 6.07) is 0. The number of hydrogen-bond donors (Lipinski definition) is 4. The van der Waals surface area contributed by atoms with E-state index in [0.717, 1.165) is 0 Å². The molecule has 0 unspecified atom stereocenters. The van der Waals surface area contributed by atoms with E-state index in [4.69, 9.17) is 22.8 Å². The van der Waals surface area contributed by atoms with Crippen LogP contribution >= 0.6 is 0 Å². The summed E-state index contributed by atoms with van der Waals surface area (Å²) >= 11 is 0. The number of nitrogens with zero attached hydrogens (tertiary/aromatic N) is 1. The van der Waals surface area contributed by atoms with Crippen LogP contribution in [-0.4, -0.2) is 40.6 Å². The molecular formula is CH8N5Na. The molecule has 5 nitrogen and oxygen atoms in total. The van der Waals surface area contributed by atoms with Gasteiger partial charge in [-0.25, -0.2) is 16.8 Å². The van der Waals surface area contributed by atoms with Gasteiger partial charge in [0.05, 0.1) is 0 Å². The Balaban J connectivity index is 0. The molecule has 0 aromatic heterocycles. The van der Waals surface area contributed by atoms with E-state index in [1.54, 1.807) is 0 Å². The van der Waals surface area contributed by atoms with Crippen molar-refractivity contribution in [1.82, 2.24) is 5.12 Å². The molecule has 0 aromatic rings. The first kappa shape index (κ1) is 10.2. The Bertz CT molecular complexity index is 59.1. The molecule has 6 heteroatoms. The van der Waals surface area contributed by atoms with Crippen molar-refractivity contribution < 1.29 is 0 Å². The SMILES string of the molecule is N=C(N)N(N)N.[NaH]. The van der Waals surface area contributed by atoms with Crippen LogP contribution in [0.5, 0.6) is 0 Å². The van der Waals surface area contributed by atoms with Gasteiger partial charge in [-0.15, -0.1) is 0 Å². The molecule has 0 aliphatic heterocycles. The van der Waals surface area contributed by atoms with E-state index in [9.17, 15) is 0 Å². The van der Waals surface area contributed by atoms with Crippen LogP contribution in [0.25, 0.3) is 0 Å². The topological polar surface area (TPSA) is 105 Å². The van der Waals surface area contributed by atoms with Crippen molar-refractivity contribution in [1.29, 1.82) is 5.41 Å². The molecule has 0 aliphatic carbocycles. The second kappa shape index (κ2) is 4.35. The molecule has 0 amide bonds. The van der Waals surface area contributed by atoms with Crippen LogP contribution in [-0.2, 0) is 0 Å². The molecule has 0 saturated carbocycles. The number of rotatable bonds is 0. The number of guanidine groups is 1. The number of nitrogens with two attached hydrogens (primary N) is 3. The van der Waals surface area contributed by atoms with Gasteiger partial charge in [0.1, 0.15) is 0 Å². The number of hydrazine groups is 2. The van der Waals surface area contributed by atoms with Crippen LogP contribution in [0.2, 0.25) is 0 Å². The van der Waals surface area contributed by atoms with E-state index in [0.29, 0.717) is 5.12 Å². The quantitative estimate of drug-likeness (QED) is 0.0900. The van der Waals surface area contributed by atoms with Gasteiger partial charge in [-0.2, -0.15) is 0 Å². The van der Waals surface area contributed by atoms with Gasteiger partial charge >= 0.3 is 29.6 Å². The maximum absolute atomic E-state index is 6.40. The molecule has 0 bridgehead atoms. The average molecular weight is 113 g/mol. The van der Waals surface area contributed by atoms with Gasteiger partial charge in [-0.05, 0) is 0 Å². The van der Waals surface area contributed by atoms with E-state index >= 15 is 0 Å². The summed E-state index contributed by atoms with van der Waals surface area (Å²) in [6.07, 6.45) is 0. The van der Waals surface area contributed by atoms with Gasteiger partial charge in [0, 0.05) is 0 Å². The molecule has 0 atom stereocenters. The van der Waals surface area contributed by atoms with Gasteiger partial charge in [0.15, 0.2) is 0 Å². The maximum atomic E-state index is 6.40. The first-order chi connectivity index (χ1) is 2.64. The standard InChI is InChI=1S/CH7N5.Na.H/c2-1(3)6(4)5;;/h4-5H2,(H3,2,3);;. The van der Waals surface area contributed by atoms with Crippen LogP contribution in [0, 0.1) is 5.41 Å². The van der Waals surface area contributed by atoms with Crippen LogP contribution in [0.1, 0.15) is 0 Å². The molecule has 0 fully saturated rings. The van der Waals surface area contributed by atoms with Gasteiger partial charge in [-0.3, -0.25) is 5.41 Å². The summed E-state index contributed by atoms with van der Waals surface area (Å²) in [7, 11) is 0. The van der Waals surface area contributed by atoms with Gasteiger partial charge in [0.25, 0.3) is 0 Å². The van der Waals surface area contributed by atoms with Gasteiger partial charge < -0.3 is 5.73 Å². The summed E-state index contributed by atoms with van der Waals surface area (Å²) in [6.45, 7) is 0. The van der Waals surface area contributed by atoms with E-state index in [1.807, 2.05) is 0 Å². The second-order valence-electron chi connectivity index (χ2n) is 0.793. The summed E-state index contributed by atoms with van der Waals surface area (Å²) in [5.74, 6) is 9.04. The van der Waals surface area contributed by atoms with Crippen LogP contribution < -0.4 is 17.4 Å². The molecule has 0 aliphatic rings. The predicted octanol–water partition coefficient (Wildman–Crippen LogP) is -2.72. The molecular weight excluding hydrogens is 105 g/mol. The first-order valence-corrected chi connectivity index (χ1v) is 1.28. The molecule has 0 spiro atoms. The summed E-state index contributed by atoms with van der Waals surface area (Å²) in [5.41, 5.74) is 4.69. The third-order valence-corrected chi connectivity index (χ3v) is 0.278. The van der Waals surface area contributed by atoms with E-state index in [-0.39, 0.29) is 35.5 Å². The Kier molecular flexibility index (Phi) is 6.36. The third-order valence-electron chi connectivity index (χ3n) is 0.278. The van der Waals surface area contributed by atoms with Crippen molar-refractivity contribution in [2.24, 2.45) is 17.4 Å². The molecule has 38 valence electrons. The van der Waals surface area contributed by atoms with Gasteiger partial charge in [-0.1, -0.05) is 0 Å². The fourth-order valence-corrected chi connectivity index (χ4v) is 0. The zero-order chi connectivity index (χ0) is 5.15. The molecule has 0 radical (unpaired) electrons. The molecule has 7 heavy (non-hydrogen) atoms. The molecule has 7 N–H and O–H groups in total. The molecule has 0 rings (SSSR count). The zero-order valence-electron chi connectivity index (χ0n) is 3.18. The van der Waals surface area contributed by atoms with Crippen molar-refractivity contribution in [3.05, 3.63) is 0 Å². The zero-order valence-corrected chi connectivity index (χ0v) is 3.18. The molecule has 0 aromatic carbocycles. The predicted molar refractivity (Wildman–Crippen MR) is 29.3 cm³/mol. The minimum atomic E-state index is -0.352. The molecule has 0 saturated heterocycles. The first-order valence-electron chi connectivity index (χ1n) is 1.28. The van der Waals surface area contributed by atoms with Crippen LogP contribution in [0.15, 0.2) is 0 Å². The summed E-state index contributed by atoms with van der Waals surface area (Å²) in [4.78, 5) is 0. The Morgan fingerprint density at radius 1 is 1.43 bits per heavy atom. The van der Waals surface area contributed by atoms with Crippen molar-refractivity contribution in [3.63, 3.8) is 0 Å². The fraction of sp³-hybridized carbons (Fsp3) is 0. The Hall–Kier alpha value is 0.190. The fourth-order valence-electron chi connectivity index (χ4n) is 0. The summed E-state index contributed by atoms with van der Waals surface area (Å²) in [5, 5.41) is 6.93. The Morgan fingerprint density at radius 3 is 1.57 bits per heavy atom. The number of nitrogens with one attached hydrogen (secondary N) is 1. The van der Waals surface area contributed by atoms with Gasteiger partial charge in [0.2, 0.25) is 5.96 Å². The van der Waals surface area contributed by atoms with E-state index < -0.39 is 0 Å². The third kappa shape index (κ3) is 6.19. The van der Waals surface area contributed by atoms with Crippen molar-refractivity contribution in [2.45, 2.75) is 0 Å². The Morgan fingerprint density at radius 2 is 1.57 bits per heavy atom. The second-order valence-corrected chi connectivity index (χ2v) is 0.793. The minimum absolute atomic E-state index is 0. The van der Waals surface area contributed by atoms with Crippen LogP contribution in [0.4, 0.5) is 0 Å². The average Bonchev–Trinajstić information content (AvgIpc) is 1.36. The van der Waals surface area contributed by atoms with Crippen molar-refractivity contribution in [3.8, 4) is 0 Å². The van der Waals surface area contributed by atoms with E-state index in [2.05, 4.69) is 0 Å². The van der Waals surface area contributed by atoms with Crippen molar-refractivity contribution in [2.75, 3.05) is 0 Å². The van der Waals surface area contributed by atoms with Crippen molar-refractivity contribution >= 4 is 35.5 Å². The van der Waals surface area contributed by atoms with E-state index in [1.165, 1.54) is 0 Å². The molecule has 0 heterocycles. The normalized spacial score (nSPS) is 6.57.